The Morgan fingerprint density at radius 1 is 1.19 bits per heavy atom. The molecule has 1 aromatic heterocycles. The number of aromatic nitrogens is 3. The van der Waals surface area contributed by atoms with Gasteiger partial charge in [0.25, 0.3) is 0 Å². The quantitative estimate of drug-likeness (QED) is 0.287. The van der Waals surface area contributed by atoms with Crippen LogP contribution in [0.15, 0.2) is 63.4 Å². The number of carbonyl (C=O) groups is 1. The Labute approximate surface area is 226 Å². The summed E-state index contributed by atoms with van der Waals surface area (Å²) in [5.74, 6) is 2.25. The molecule has 0 bridgehead atoms. The summed E-state index contributed by atoms with van der Waals surface area (Å²) in [6.45, 7) is 12.7. The molecule has 1 atom stereocenters. The molecular formula is C28H33BrN4O2S. The van der Waals surface area contributed by atoms with Crippen LogP contribution in [0.5, 0.6) is 5.75 Å². The first-order valence-electron chi connectivity index (χ1n) is 12.2. The Balaban J connectivity index is 1.71. The lowest BCUT2D eigenvalue weighted by Gasteiger charge is -2.29. The van der Waals surface area contributed by atoms with Gasteiger partial charge in [0.1, 0.15) is 18.4 Å². The number of hydrogen-bond donors (Lipinski definition) is 1. The van der Waals surface area contributed by atoms with Crippen molar-refractivity contribution in [2.24, 2.45) is 0 Å². The van der Waals surface area contributed by atoms with E-state index in [-0.39, 0.29) is 11.2 Å². The zero-order valence-electron chi connectivity index (χ0n) is 21.7. The number of ether oxygens (including phenoxy) is 1. The van der Waals surface area contributed by atoms with E-state index in [9.17, 15) is 4.79 Å². The zero-order chi connectivity index (χ0) is 26.0. The molecule has 0 fully saturated rings. The topological polar surface area (TPSA) is 69.0 Å². The van der Waals surface area contributed by atoms with Crippen LogP contribution in [0.25, 0.3) is 0 Å². The van der Waals surface area contributed by atoms with Gasteiger partial charge in [0, 0.05) is 27.1 Å². The number of hydrogen-bond acceptors (Lipinski definition) is 6. The monoisotopic (exact) mass is 568 g/mol. The molecule has 1 N–H and O–H groups in total. The molecule has 1 unspecified atom stereocenters. The second kappa shape index (κ2) is 10.8. The highest BCUT2D eigenvalue weighted by molar-refractivity contribution is 9.10. The average Bonchev–Trinajstić information content (AvgIpc) is 3.22. The third-order valence-electron chi connectivity index (χ3n) is 6.13. The molecule has 0 saturated carbocycles. The number of rotatable bonds is 8. The van der Waals surface area contributed by atoms with E-state index in [4.69, 9.17) is 9.84 Å². The number of thioether (sulfide) groups is 1. The number of allylic oxidation sites excluding steroid dienone is 2. The number of Topliss-reactive ketones (excluding diaryl/α,β-unsaturated/α-hetero) is 1. The molecule has 0 aliphatic carbocycles. The van der Waals surface area contributed by atoms with Crippen LogP contribution in [0.2, 0.25) is 0 Å². The van der Waals surface area contributed by atoms with Crippen LogP contribution >= 0.6 is 27.7 Å². The summed E-state index contributed by atoms with van der Waals surface area (Å²) < 4.78 is 9.08. The fraction of sp³-hybridized carbons (Fsp3) is 0.393. The number of anilines is 1. The predicted octanol–water partition coefficient (Wildman–Crippen LogP) is 7.30. The van der Waals surface area contributed by atoms with Crippen LogP contribution in [-0.4, -0.2) is 26.3 Å². The van der Waals surface area contributed by atoms with Crippen LogP contribution in [0, 0.1) is 0 Å². The van der Waals surface area contributed by atoms with Crippen LogP contribution in [0.1, 0.15) is 70.7 Å². The summed E-state index contributed by atoms with van der Waals surface area (Å²) in [6.07, 6.45) is 1.03. The number of nitrogens with zero attached hydrogens (tertiary/aromatic N) is 3. The summed E-state index contributed by atoms with van der Waals surface area (Å²) >= 11 is 5.23. The van der Waals surface area contributed by atoms with E-state index in [1.54, 1.807) is 18.7 Å². The van der Waals surface area contributed by atoms with Crippen LogP contribution in [0.4, 0.5) is 5.95 Å². The number of halogens is 1. The molecule has 0 amide bonds. The van der Waals surface area contributed by atoms with E-state index in [1.165, 1.54) is 5.56 Å². The maximum absolute atomic E-state index is 12.9. The molecule has 1 aliphatic heterocycles. The summed E-state index contributed by atoms with van der Waals surface area (Å²) in [4.78, 5) is 17.5. The summed E-state index contributed by atoms with van der Waals surface area (Å²) in [7, 11) is 0. The number of nitrogens with one attached hydrogen (secondary N) is 1. The van der Waals surface area contributed by atoms with Crippen molar-refractivity contribution < 1.29 is 9.53 Å². The van der Waals surface area contributed by atoms with Gasteiger partial charge >= 0.3 is 0 Å². The molecule has 1 aliphatic rings. The molecule has 190 valence electrons. The Morgan fingerprint density at radius 2 is 1.92 bits per heavy atom. The minimum Gasteiger partial charge on any atom is -0.489 e. The molecule has 4 rings (SSSR count). The molecule has 6 nitrogen and oxygen atoms in total. The Kier molecular flexibility index (Phi) is 7.95. The molecule has 2 heterocycles. The van der Waals surface area contributed by atoms with Gasteiger partial charge in [-0.25, -0.2) is 4.68 Å². The Bertz CT molecular complexity index is 1290. The van der Waals surface area contributed by atoms with Crippen molar-refractivity contribution in [3.8, 4) is 5.75 Å². The molecule has 2 aromatic carbocycles. The zero-order valence-corrected chi connectivity index (χ0v) is 24.1. The van der Waals surface area contributed by atoms with Crippen molar-refractivity contribution in [3.05, 3.63) is 74.9 Å². The van der Waals surface area contributed by atoms with Crippen LogP contribution < -0.4 is 10.1 Å². The summed E-state index contributed by atoms with van der Waals surface area (Å²) in [5, 5.41) is 8.76. The maximum Gasteiger partial charge on any atom is 0.227 e. The largest absolute Gasteiger partial charge is 0.489 e. The van der Waals surface area contributed by atoms with Gasteiger partial charge in [-0.1, -0.05) is 79.7 Å². The highest BCUT2D eigenvalue weighted by Crippen LogP contribution is 2.41. The lowest BCUT2D eigenvalue weighted by atomic mass is 9.87. The van der Waals surface area contributed by atoms with Crippen molar-refractivity contribution in [3.63, 3.8) is 0 Å². The first kappa shape index (κ1) is 26.5. The van der Waals surface area contributed by atoms with E-state index in [2.05, 4.69) is 78.2 Å². The second-order valence-electron chi connectivity index (χ2n) is 10.1. The number of ketones is 1. The predicted molar refractivity (Wildman–Crippen MR) is 150 cm³/mol. The minimum atomic E-state index is -0.446. The van der Waals surface area contributed by atoms with Crippen LogP contribution in [-0.2, 0) is 16.8 Å². The van der Waals surface area contributed by atoms with Crippen molar-refractivity contribution in [1.82, 2.24) is 14.8 Å². The van der Waals surface area contributed by atoms with Crippen LogP contribution in [0.3, 0.4) is 0 Å². The highest BCUT2D eigenvalue weighted by Gasteiger charge is 2.34. The first-order valence-corrected chi connectivity index (χ1v) is 14.0. The third-order valence-corrected chi connectivity index (χ3v) is 7.67. The van der Waals surface area contributed by atoms with Gasteiger partial charge in [-0.05, 0) is 55.0 Å². The fourth-order valence-corrected chi connectivity index (χ4v) is 5.32. The SMILES string of the molecule is CCCSc1nc2n(n1)C(c1cc(Br)ccc1OCc1ccc(C(C)(C)C)cc1)C(C(C)=O)=C(C)N2. The molecule has 8 heteroatoms. The minimum absolute atomic E-state index is 0.0161. The lowest BCUT2D eigenvalue weighted by Crippen LogP contribution is -2.28. The number of carbonyl (C=O) groups excluding carboxylic acids is 1. The van der Waals surface area contributed by atoms with Crippen molar-refractivity contribution in [1.29, 1.82) is 0 Å². The van der Waals surface area contributed by atoms with Gasteiger partial charge in [-0.2, -0.15) is 4.98 Å². The van der Waals surface area contributed by atoms with Gasteiger partial charge in [-0.15, -0.1) is 5.10 Å². The number of fused-ring (bicyclic) bond motifs is 1. The molecule has 36 heavy (non-hydrogen) atoms. The average molecular weight is 570 g/mol. The van der Waals surface area contributed by atoms with E-state index in [0.717, 1.165) is 33.5 Å². The lowest BCUT2D eigenvalue weighted by molar-refractivity contribution is -0.114. The van der Waals surface area contributed by atoms with E-state index >= 15 is 0 Å². The molecule has 0 radical (unpaired) electrons. The number of benzene rings is 2. The van der Waals surface area contributed by atoms with Gasteiger partial charge in [0.2, 0.25) is 11.1 Å². The molecular weight excluding hydrogens is 536 g/mol. The summed E-state index contributed by atoms with van der Waals surface area (Å²) in [6, 6.07) is 14.0. The molecule has 3 aromatic rings. The highest BCUT2D eigenvalue weighted by atomic mass is 79.9. The van der Waals surface area contributed by atoms with Gasteiger partial charge in [-0.3, -0.25) is 4.79 Å². The van der Waals surface area contributed by atoms with Gasteiger partial charge in [0.15, 0.2) is 5.78 Å². The van der Waals surface area contributed by atoms with Crippen molar-refractivity contribution in [2.45, 2.75) is 71.2 Å². The first-order chi connectivity index (χ1) is 17.1. The van der Waals surface area contributed by atoms with Gasteiger partial charge < -0.3 is 10.1 Å². The van der Waals surface area contributed by atoms with Crippen molar-refractivity contribution >= 4 is 39.4 Å². The smallest absolute Gasteiger partial charge is 0.227 e. The third kappa shape index (κ3) is 5.70. The standard InChI is InChI=1S/C28H33BrN4O2S/c1-7-14-36-27-31-26-30-17(2)24(18(3)34)25(33(26)32-27)22-15-21(29)12-13-23(22)35-16-19-8-10-20(11-9-19)28(4,5)6/h8-13,15,25H,7,14,16H2,1-6H3,(H,30,31,32). The van der Waals surface area contributed by atoms with Gasteiger partial charge in [0.05, 0.1) is 0 Å². The summed E-state index contributed by atoms with van der Waals surface area (Å²) in [5.41, 5.74) is 4.76. The second-order valence-corrected chi connectivity index (χ2v) is 12.0. The normalized spacial score (nSPS) is 15.5. The fourth-order valence-electron chi connectivity index (χ4n) is 4.26. The maximum atomic E-state index is 12.9. The Morgan fingerprint density at radius 3 is 2.56 bits per heavy atom. The van der Waals surface area contributed by atoms with E-state index < -0.39 is 6.04 Å². The van der Waals surface area contributed by atoms with E-state index in [0.29, 0.717) is 29.0 Å². The van der Waals surface area contributed by atoms with Crippen molar-refractivity contribution in [2.75, 3.05) is 11.1 Å². The Hall–Kier alpha value is -2.58. The molecule has 0 saturated heterocycles. The molecule has 0 spiro atoms. The van der Waals surface area contributed by atoms with E-state index in [1.807, 2.05) is 29.8 Å².